The average Bonchev–Trinajstić information content (AvgIpc) is 3.62. The van der Waals surface area contributed by atoms with Gasteiger partial charge in [-0.2, -0.15) is 0 Å². The number of thioether (sulfide) groups is 1. The summed E-state index contributed by atoms with van der Waals surface area (Å²) < 4.78 is 5.26. The van der Waals surface area contributed by atoms with Gasteiger partial charge in [-0.3, -0.25) is 14.5 Å². The van der Waals surface area contributed by atoms with Gasteiger partial charge in [-0.15, -0.1) is 23.1 Å². The first-order valence-electron chi connectivity index (χ1n) is 11.6. The molecule has 2 aliphatic heterocycles. The monoisotopic (exact) mass is 674 g/mol. The molecule has 2 aliphatic rings. The summed E-state index contributed by atoms with van der Waals surface area (Å²) in [4.78, 5) is 48.0. The number of nitrogens with two attached hydrogens (primary N) is 1. The number of anilines is 1. The zero-order chi connectivity index (χ0) is 30.3. The molecule has 5 N–H and O–H groups in total. The number of rotatable bonds is 8. The van der Waals surface area contributed by atoms with Crippen LogP contribution in [0, 0.1) is 0 Å². The molecular formula is C24H17Cl2N6NaO8S2. The van der Waals surface area contributed by atoms with Crippen LogP contribution in [0.25, 0.3) is 17.3 Å². The summed E-state index contributed by atoms with van der Waals surface area (Å²) in [6.45, 7) is 0. The number of carbonyl (C=O) groups excluding carboxylic acids is 2. The van der Waals surface area contributed by atoms with E-state index in [1.165, 1.54) is 48.5 Å². The van der Waals surface area contributed by atoms with Gasteiger partial charge in [-0.25, -0.2) is 9.78 Å². The molecule has 0 spiro atoms. The number of fused-ring (bicyclic) bond motifs is 1. The third kappa shape index (κ3) is 6.22. The summed E-state index contributed by atoms with van der Waals surface area (Å²) in [6, 6.07) is 1.65. The van der Waals surface area contributed by atoms with Crippen LogP contribution in [0.5, 0.6) is 11.5 Å². The first-order valence-corrected chi connectivity index (χ1v) is 14.3. The summed E-state index contributed by atoms with van der Waals surface area (Å²) in [7, 11) is 1.25. The van der Waals surface area contributed by atoms with E-state index in [9.17, 15) is 29.7 Å². The molecule has 0 radical (unpaired) electrons. The first-order chi connectivity index (χ1) is 20.0. The number of nitrogens with one attached hydrogen (secondary N) is 1. The normalized spacial score (nSPS) is 18.3. The van der Waals surface area contributed by atoms with Crippen LogP contribution in [-0.4, -0.2) is 73.0 Å². The fourth-order valence-corrected chi connectivity index (χ4v) is 6.43. The Morgan fingerprint density at radius 2 is 2.09 bits per heavy atom. The molecular weight excluding hydrogens is 658 g/mol. The summed E-state index contributed by atoms with van der Waals surface area (Å²) in [5.74, 6) is -3.91. The van der Waals surface area contributed by atoms with Crippen molar-refractivity contribution in [2.75, 3.05) is 18.6 Å². The number of amides is 2. The van der Waals surface area contributed by atoms with Gasteiger partial charge in [-0.1, -0.05) is 39.6 Å². The Kier molecular flexibility index (Phi) is 10.0. The number of phenolic OH excluding ortho intramolecular Hbond substituents is 1. The number of aliphatic carboxylic acids is 1. The number of carboxylic acids is 1. The maximum atomic E-state index is 13.0. The van der Waals surface area contributed by atoms with Crippen LogP contribution < -0.4 is 45.7 Å². The van der Waals surface area contributed by atoms with E-state index in [-0.39, 0.29) is 84.6 Å². The number of aromatic nitrogens is 2. The number of benzene rings is 1. The van der Waals surface area contributed by atoms with Gasteiger partial charge < -0.3 is 35.7 Å². The molecule has 2 amide bonds. The second-order valence-electron chi connectivity index (χ2n) is 8.58. The number of halogens is 2. The number of carboxylic acid groups (broad SMARTS) is 1. The van der Waals surface area contributed by atoms with Crippen LogP contribution in [0.2, 0.25) is 10.0 Å². The van der Waals surface area contributed by atoms with Crippen molar-refractivity contribution >= 4 is 81.0 Å². The van der Waals surface area contributed by atoms with Crippen molar-refractivity contribution in [3.05, 3.63) is 56.4 Å². The van der Waals surface area contributed by atoms with Gasteiger partial charge in [0.25, 0.3) is 11.8 Å². The number of aromatic hydroxyl groups is 1. The fraction of sp³-hybridized carbons (Fsp3) is 0.167. The topological polar surface area (TPSA) is 217 Å². The minimum atomic E-state index is -1.34. The number of nitrogen functional groups attached to an aromatic ring is 1. The van der Waals surface area contributed by atoms with Gasteiger partial charge in [0.05, 0.1) is 5.02 Å². The number of oxime groups is 1. The maximum Gasteiger partial charge on any atom is 1.00 e. The number of nitrogens with zero attached hydrogens (tertiary/aromatic N) is 4. The fourth-order valence-electron chi connectivity index (χ4n) is 4.13. The van der Waals surface area contributed by atoms with E-state index in [0.29, 0.717) is 5.57 Å². The molecule has 0 saturated carbocycles. The van der Waals surface area contributed by atoms with Gasteiger partial charge in [0.1, 0.15) is 41.4 Å². The molecule has 218 valence electrons. The molecule has 1 saturated heterocycles. The smallest absolute Gasteiger partial charge is 0.869 e. The Labute approximate surface area is 282 Å². The number of carbonyl (C=O) groups is 3. The number of β-lactam (4-membered cyclic amide) rings is 1. The quantitative estimate of drug-likeness (QED) is 0.101. The van der Waals surface area contributed by atoms with Gasteiger partial charge in [0, 0.05) is 27.8 Å². The van der Waals surface area contributed by atoms with E-state index in [2.05, 4.69) is 20.6 Å². The van der Waals surface area contributed by atoms with Crippen LogP contribution in [0.4, 0.5) is 5.13 Å². The third-order valence-electron chi connectivity index (χ3n) is 6.05. The number of allylic oxidation sites excluding steroid dienone is 1. The molecule has 2 atom stereocenters. The van der Waals surface area contributed by atoms with Crippen LogP contribution >= 0.6 is 46.3 Å². The first kappa shape index (κ1) is 32.7. The Bertz CT molecular complexity index is 1730. The van der Waals surface area contributed by atoms with E-state index in [4.69, 9.17) is 38.3 Å². The minimum absolute atomic E-state index is 0. The maximum absolute atomic E-state index is 13.0. The summed E-state index contributed by atoms with van der Waals surface area (Å²) >= 11 is 14.2. The molecule has 4 heterocycles. The second-order valence-corrected chi connectivity index (χ2v) is 11.4. The largest absolute Gasteiger partial charge is 1.00 e. The molecule has 5 rings (SSSR count). The van der Waals surface area contributed by atoms with Crippen LogP contribution in [0.15, 0.2) is 44.5 Å². The second kappa shape index (κ2) is 13.2. The van der Waals surface area contributed by atoms with E-state index < -0.39 is 40.7 Å². The van der Waals surface area contributed by atoms with Crippen molar-refractivity contribution < 1.29 is 68.6 Å². The van der Waals surface area contributed by atoms with Crippen molar-refractivity contribution in [1.29, 1.82) is 0 Å². The Balaban J connectivity index is 0.00000423. The van der Waals surface area contributed by atoms with Crippen LogP contribution in [0.1, 0.15) is 11.5 Å². The number of hydrogen-bond acceptors (Lipinski definition) is 13. The van der Waals surface area contributed by atoms with Gasteiger partial charge >= 0.3 is 35.5 Å². The minimum Gasteiger partial charge on any atom is -0.869 e. The predicted octanol–water partition coefficient (Wildman–Crippen LogP) is -0.727. The van der Waals surface area contributed by atoms with Crippen molar-refractivity contribution in [2.45, 2.75) is 11.4 Å². The van der Waals surface area contributed by atoms with Gasteiger partial charge in [-0.05, 0) is 23.5 Å². The summed E-state index contributed by atoms with van der Waals surface area (Å²) in [5.41, 5.74) is 5.97. The van der Waals surface area contributed by atoms with Gasteiger partial charge in [0.2, 0.25) is 0 Å². The molecule has 2 aromatic heterocycles. The zero-order valence-electron chi connectivity index (χ0n) is 22.0. The Morgan fingerprint density at radius 3 is 2.74 bits per heavy atom. The number of phenols is 1. The molecule has 1 fully saturated rings. The molecule has 0 aliphatic carbocycles. The zero-order valence-corrected chi connectivity index (χ0v) is 27.2. The van der Waals surface area contributed by atoms with E-state index in [1.807, 2.05) is 0 Å². The molecule has 43 heavy (non-hydrogen) atoms. The van der Waals surface area contributed by atoms with Gasteiger partial charge in [0.15, 0.2) is 16.6 Å². The summed E-state index contributed by atoms with van der Waals surface area (Å²) in [6.07, 6.45) is 2.89. The number of hydrogen-bond donors (Lipinski definition) is 4. The SMILES string of the molecule is CO/N=C(/C(=O)N[C@@H]1C(=O)N2C(C(=O)O)=C(/C=C/c3cc(-c4cc(Cl)c([O-])c(O)c4Cl)no3)CS[C@H]12)c1csc(N)n1.[Na+]. The Morgan fingerprint density at radius 1 is 1.35 bits per heavy atom. The molecule has 0 bridgehead atoms. The van der Waals surface area contributed by atoms with Crippen molar-refractivity contribution in [2.24, 2.45) is 5.16 Å². The Hall–Kier alpha value is -3.25. The van der Waals surface area contributed by atoms with Crippen LogP contribution in [-0.2, 0) is 19.2 Å². The number of thiazole rings is 1. The van der Waals surface area contributed by atoms with Crippen molar-refractivity contribution in [3.8, 4) is 22.8 Å². The van der Waals surface area contributed by atoms with E-state index >= 15 is 0 Å². The predicted molar refractivity (Wildman–Crippen MR) is 152 cm³/mol. The van der Waals surface area contributed by atoms with E-state index in [1.54, 1.807) is 0 Å². The van der Waals surface area contributed by atoms with E-state index in [0.717, 1.165) is 16.2 Å². The third-order valence-corrected chi connectivity index (χ3v) is 8.69. The molecule has 14 nitrogen and oxygen atoms in total. The molecule has 19 heteroatoms. The molecule has 1 aromatic carbocycles. The van der Waals surface area contributed by atoms with Crippen LogP contribution in [0.3, 0.4) is 0 Å². The summed E-state index contributed by atoms with van der Waals surface area (Å²) in [5, 5.41) is 42.2. The standard InChI is InChI=1S/C24H18Cl2N6O8S2.Na/c1-39-31-15(13-7-42-24(27)28-13)20(35)29-16-21(36)32-17(23(37)38)8(6-41-22(16)32)2-3-9-4-12(30-40-9)10-5-11(25)18(33)19(34)14(10)26;/h2-5,7,16,22,33-34H,6H2,1H3,(H2,27,28)(H,29,35)(H,37,38);/q;+1/p-1/b3-2+,31-15+;/t16-,22-;/m1./s1. The molecule has 3 aromatic rings. The average molecular weight is 675 g/mol. The molecule has 0 unspecified atom stereocenters. The van der Waals surface area contributed by atoms with Crippen molar-refractivity contribution in [1.82, 2.24) is 20.4 Å². The van der Waals surface area contributed by atoms with Crippen molar-refractivity contribution in [3.63, 3.8) is 0 Å².